The number of anilines is 2. The molecule has 10 rings (SSSR count). The molecule has 0 spiro atoms. The number of halogens is 4. The lowest BCUT2D eigenvalue weighted by molar-refractivity contribution is 0.0679. The first-order valence-corrected chi connectivity index (χ1v) is 25.7. The summed E-state index contributed by atoms with van der Waals surface area (Å²) in [7, 11) is -1.89. The van der Waals surface area contributed by atoms with Crippen LogP contribution in [0, 0.1) is 47.0 Å². The van der Waals surface area contributed by atoms with Gasteiger partial charge in [-0.05, 0) is 110 Å². The number of nitrogens with zero attached hydrogens (tertiary/aromatic N) is 6. The van der Waals surface area contributed by atoms with Crippen molar-refractivity contribution >= 4 is 54.2 Å². The Morgan fingerprint density at radius 1 is 0.684 bits per heavy atom. The highest BCUT2D eigenvalue weighted by atomic mass is 32.2. The highest BCUT2D eigenvalue weighted by molar-refractivity contribution is 7.92. The molecule has 1 aliphatic rings. The lowest BCUT2D eigenvalue weighted by atomic mass is 9.92. The van der Waals surface area contributed by atoms with Crippen molar-refractivity contribution in [2.75, 3.05) is 36.8 Å². The van der Waals surface area contributed by atoms with E-state index in [9.17, 15) is 35.3 Å². The smallest absolute Gasteiger partial charge is 0.264 e. The maximum atomic E-state index is 14.2. The number of aromatic nitrogens is 6. The summed E-state index contributed by atoms with van der Waals surface area (Å²) in [4.78, 5) is 16.4. The molecule has 9 aromatic rings. The van der Waals surface area contributed by atoms with Gasteiger partial charge in [0.15, 0.2) is 11.0 Å². The van der Waals surface area contributed by atoms with Crippen LogP contribution in [-0.4, -0.2) is 80.4 Å². The summed E-state index contributed by atoms with van der Waals surface area (Å²) < 4.78 is 111. The van der Waals surface area contributed by atoms with Crippen molar-refractivity contribution in [1.82, 2.24) is 35.0 Å². The molecule has 1 unspecified atom stereocenters. The number of fused-ring (bicyclic) bond motifs is 2. The predicted octanol–water partition coefficient (Wildman–Crippen LogP) is 8.70. The molecule has 4 N–H and O–H groups in total. The largest absolute Gasteiger partial charge is 0.480 e. The Bertz CT molecular complexity index is 3970. The number of aliphatic hydroxyl groups is 1. The van der Waals surface area contributed by atoms with E-state index in [0.29, 0.717) is 54.8 Å². The Morgan fingerprint density at radius 2 is 1.26 bits per heavy atom. The number of hydrogen-bond donors (Lipinski definition) is 4. The minimum absolute atomic E-state index is 0.0170. The number of hydrogen-bond acceptors (Lipinski definition) is 12. The van der Waals surface area contributed by atoms with Crippen LogP contribution in [0.3, 0.4) is 0 Å². The van der Waals surface area contributed by atoms with Crippen LogP contribution in [0.15, 0.2) is 144 Å². The number of rotatable bonds is 10. The Labute approximate surface area is 436 Å². The molecular weight excluding hydrogens is 1020 g/mol. The number of aryl methyl sites for hydroxylation is 1. The molecule has 384 valence electrons. The Hall–Kier alpha value is -8.73. The van der Waals surface area contributed by atoms with Gasteiger partial charge in [0, 0.05) is 83.2 Å². The van der Waals surface area contributed by atoms with Gasteiger partial charge in [-0.2, -0.15) is 5.10 Å². The molecule has 5 aromatic heterocycles. The Balaban J connectivity index is 0.000000186. The summed E-state index contributed by atoms with van der Waals surface area (Å²) >= 11 is 0. The molecule has 1 fully saturated rings. The zero-order valence-electron chi connectivity index (χ0n) is 40.5. The van der Waals surface area contributed by atoms with E-state index in [-0.39, 0.29) is 28.0 Å². The molecule has 0 aliphatic carbocycles. The summed E-state index contributed by atoms with van der Waals surface area (Å²) in [5, 5.41) is 19.7. The van der Waals surface area contributed by atoms with Gasteiger partial charge >= 0.3 is 0 Å². The van der Waals surface area contributed by atoms with Crippen LogP contribution in [0.4, 0.5) is 28.9 Å². The van der Waals surface area contributed by atoms with Crippen molar-refractivity contribution in [3.8, 4) is 57.7 Å². The number of pyridine rings is 4. The number of sulfonamides is 1. The summed E-state index contributed by atoms with van der Waals surface area (Å²) in [6, 6.07) is 23.0. The van der Waals surface area contributed by atoms with Crippen molar-refractivity contribution in [3.63, 3.8) is 0 Å². The molecule has 1 saturated heterocycles. The minimum Gasteiger partial charge on any atom is -0.480 e. The highest BCUT2D eigenvalue weighted by Crippen LogP contribution is 2.34. The maximum absolute atomic E-state index is 14.2. The molecule has 15 nitrogen and oxygen atoms in total. The van der Waals surface area contributed by atoms with Crippen molar-refractivity contribution < 1.29 is 44.8 Å². The second-order valence-corrected chi connectivity index (χ2v) is 19.9. The molecular formula is C55H43F4N9O6S2. The molecule has 0 bridgehead atoms. The maximum Gasteiger partial charge on any atom is 0.264 e. The third kappa shape index (κ3) is 11.9. The van der Waals surface area contributed by atoms with E-state index < -0.39 is 54.8 Å². The van der Waals surface area contributed by atoms with Gasteiger partial charge in [-0.15, -0.1) is 0 Å². The van der Waals surface area contributed by atoms with E-state index in [2.05, 4.69) is 63.5 Å². The zero-order valence-corrected chi connectivity index (χ0v) is 42.2. The third-order valence-corrected chi connectivity index (χ3v) is 14.4. The Morgan fingerprint density at radius 3 is 1.84 bits per heavy atom. The molecule has 6 heterocycles. The monoisotopic (exact) mass is 1070 g/mol. The van der Waals surface area contributed by atoms with Crippen LogP contribution in [0.25, 0.3) is 44.1 Å². The van der Waals surface area contributed by atoms with Gasteiger partial charge in [-0.1, -0.05) is 35.8 Å². The summed E-state index contributed by atoms with van der Waals surface area (Å²) in [6.07, 6.45) is 11.1. The van der Waals surface area contributed by atoms with Gasteiger partial charge in [-0.3, -0.25) is 24.1 Å². The molecule has 21 heteroatoms. The zero-order chi connectivity index (χ0) is 53.6. The van der Waals surface area contributed by atoms with E-state index in [4.69, 9.17) is 9.47 Å². The van der Waals surface area contributed by atoms with E-state index in [1.807, 2.05) is 55.7 Å². The predicted molar refractivity (Wildman–Crippen MR) is 280 cm³/mol. The van der Waals surface area contributed by atoms with E-state index in [1.165, 1.54) is 26.5 Å². The van der Waals surface area contributed by atoms with Crippen molar-refractivity contribution in [3.05, 3.63) is 174 Å². The fraction of sp³-hybridized carbons (Fsp3) is 0.145. The highest BCUT2D eigenvalue weighted by Gasteiger charge is 2.27. The lowest BCUT2D eigenvalue weighted by Crippen LogP contribution is -2.40. The van der Waals surface area contributed by atoms with Gasteiger partial charge in [0.2, 0.25) is 11.8 Å². The average Bonchev–Trinajstić information content (AvgIpc) is 3.84. The molecule has 0 radical (unpaired) electrons. The fourth-order valence-electron chi connectivity index (χ4n) is 8.01. The third-order valence-electron chi connectivity index (χ3n) is 11.9. The van der Waals surface area contributed by atoms with Gasteiger partial charge in [0.05, 0.1) is 41.9 Å². The molecule has 0 saturated carbocycles. The quantitative estimate of drug-likeness (QED) is 0.0753. The molecule has 4 aromatic carbocycles. The summed E-state index contributed by atoms with van der Waals surface area (Å²) in [5.41, 5.74) is 5.65. The normalized spacial score (nSPS) is 13.3. The first-order chi connectivity index (χ1) is 36.6. The molecule has 1 aliphatic heterocycles. The van der Waals surface area contributed by atoms with Gasteiger partial charge in [0.1, 0.15) is 45.1 Å². The SMILES string of the molecule is COc1ncc(-c2ccc3nccc(C#CC4(O)CCNCC4)c3c2)cc1NS(=O)c1ccc(F)cc1F.COc1ncc(-c2ccc3nccc(C#Cc4cnn(C)c4)c3c2)cc1NS(=O)(=O)c1ccc(F)cc1F. The first-order valence-electron chi connectivity index (χ1n) is 23.0. The van der Waals surface area contributed by atoms with Crippen LogP contribution in [0.2, 0.25) is 0 Å². The van der Waals surface area contributed by atoms with E-state index in [1.54, 1.807) is 41.6 Å². The van der Waals surface area contributed by atoms with Crippen LogP contribution in [-0.2, 0) is 28.1 Å². The van der Waals surface area contributed by atoms with Crippen molar-refractivity contribution in [2.24, 2.45) is 7.05 Å². The van der Waals surface area contributed by atoms with Crippen LogP contribution in [0.5, 0.6) is 11.8 Å². The lowest BCUT2D eigenvalue weighted by Gasteiger charge is -2.27. The first kappa shape index (κ1) is 52.1. The number of methoxy groups -OCH3 is 2. The minimum atomic E-state index is -4.41. The van der Waals surface area contributed by atoms with Crippen molar-refractivity contribution in [2.45, 2.75) is 28.2 Å². The topological polar surface area (TPSA) is 195 Å². The summed E-state index contributed by atoms with van der Waals surface area (Å²) in [5.74, 6) is 8.77. The van der Waals surface area contributed by atoms with E-state index in [0.717, 1.165) is 68.3 Å². The van der Waals surface area contributed by atoms with Crippen LogP contribution < -0.4 is 24.2 Å². The van der Waals surface area contributed by atoms with Gasteiger partial charge in [0.25, 0.3) is 10.0 Å². The number of ether oxygens (including phenoxy) is 2. The van der Waals surface area contributed by atoms with Gasteiger partial charge in [-0.25, -0.2) is 40.2 Å². The van der Waals surface area contributed by atoms with Crippen LogP contribution >= 0.6 is 0 Å². The Kier molecular flexibility index (Phi) is 15.4. The molecule has 1 atom stereocenters. The number of piperidine rings is 1. The summed E-state index contributed by atoms with van der Waals surface area (Å²) in [6.45, 7) is 1.43. The average molecular weight is 1070 g/mol. The molecule has 76 heavy (non-hydrogen) atoms. The second kappa shape index (κ2) is 22.4. The number of nitrogens with one attached hydrogen (secondary N) is 3. The van der Waals surface area contributed by atoms with E-state index >= 15 is 0 Å². The molecule has 0 amide bonds. The second-order valence-electron chi connectivity index (χ2n) is 17.1. The standard InChI is InChI=1S/C28H24F2N4O3S.C27H19F2N5O3S/c1-37-27-25(34-38(36)26-5-3-21(29)16-23(26)30)15-20(17-33-27)19-2-4-24-22(14-19)18(7-11-32-24)6-8-28(35)9-12-31-13-10-28;1-34-16-17(14-32-34)3-4-18-9-10-30-24-7-5-19(11-22(18)24)20-12-25(27(37-2)31-15-20)33-38(35,36)26-8-6-21(28)13-23(26)29/h2-5,7,11,14-17,31,34-35H,9-10,12-13H2,1H3;5-16,33H,1-2H3. The van der Waals surface area contributed by atoms with Crippen molar-refractivity contribution in [1.29, 1.82) is 0 Å². The van der Waals surface area contributed by atoms with Gasteiger partial charge < -0.3 is 19.9 Å². The fourth-order valence-corrected chi connectivity index (χ4v) is 10.0. The number of benzene rings is 4. The van der Waals surface area contributed by atoms with Crippen LogP contribution in [0.1, 0.15) is 29.5 Å².